The first-order valence-electron chi connectivity index (χ1n) is 9.69. The van der Waals surface area contributed by atoms with Gasteiger partial charge in [0.05, 0.1) is 23.9 Å². The molecule has 2 aliphatic rings. The third-order valence-corrected chi connectivity index (χ3v) is 6.34. The maximum absolute atomic E-state index is 12.1. The maximum atomic E-state index is 12.1. The summed E-state index contributed by atoms with van der Waals surface area (Å²) in [7, 11) is 2.18. The van der Waals surface area contributed by atoms with E-state index < -0.39 is 0 Å². The Balaban J connectivity index is 1.53. The highest BCUT2D eigenvalue weighted by Gasteiger charge is 2.39. The van der Waals surface area contributed by atoms with Gasteiger partial charge in [0, 0.05) is 26.7 Å². The molecule has 3 heterocycles. The van der Waals surface area contributed by atoms with Crippen molar-refractivity contribution in [3.05, 3.63) is 46.7 Å². The number of piperidine rings is 1. The number of esters is 1. The second kappa shape index (κ2) is 7.90. The average molecular weight is 386 g/mol. The Morgan fingerprint density at radius 2 is 1.93 bits per heavy atom. The van der Waals surface area contributed by atoms with Gasteiger partial charge in [-0.3, -0.25) is 9.69 Å². The van der Waals surface area contributed by atoms with Gasteiger partial charge in [-0.05, 0) is 54.3 Å². The first kappa shape index (κ1) is 18.3. The van der Waals surface area contributed by atoms with Gasteiger partial charge in [0.1, 0.15) is 0 Å². The fraction of sp³-hybridized carbons (Fsp3) is 0.476. The van der Waals surface area contributed by atoms with Crippen LogP contribution in [0.15, 0.2) is 41.1 Å². The Bertz CT molecular complexity index is 771. The number of carbonyl (C=O) groups excluding carboxylic acids is 1. The number of likely N-dealkylation sites (tertiary alicyclic amines) is 1. The van der Waals surface area contributed by atoms with Crippen molar-refractivity contribution in [1.82, 2.24) is 4.90 Å². The van der Waals surface area contributed by atoms with E-state index in [1.807, 2.05) is 6.92 Å². The van der Waals surface area contributed by atoms with Gasteiger partial charge in [0.15, 0.2) is 6.29 Å². The molecule has 1 aromatic carbocycles. The standard InChI is InChI=1S/C21H27N3O2S/c1-3-26-20(25)17-8-11-23(12-9-17)21-22(2)18-6-4-5-7-19(18)24(21)14-16-10-13-27-15-16/h4-7,10,13,15,17,21H,3,8-9,11-12,14H2,1-2H3. The van der Waals surface area contributed by atoms with Crippen molar-refractivity contribution in [2.24, 2.45) is 5.92 Å². The third kappa shape index (κ3) is 3.56. The molecule has 2 aromatic rings. The van der Waals surface area contributed by atoms with Crippen molar-refractivity contribution >= 4 is 28.7 Å². The molecule has 0 N–H and O–H groups in total. The lowest BCUT2D eigenvalue weighted by Gasteiger charge is -2.42. The number of rotatable bonds is 5. The van der Waals surface area contributed by atoms with Crippen LogP contribution in [0.4, 0.5) is 11.4 Å². The first-order valence-corrected chi connectivity index (χ1v) is 10.6. The summed E-state index contributed by atoms with van der Waals surface area (Å²) in [4.78, 5) is 19.4. The summed E-state index contributed by atoms with van der Waals surface area (Å²) in [5, 5.41) is 4.37. The van der Waals surface area contributed by atoms with Gasteiger partial charge < -0.3 is 14.5 Å². The Hall–Kier alpha value is -2.05. The largest absolute Gasteiger partial charge is 0.466 e. The monoisotopic (exact) mass is 385 g/mol. The Kier molecular flexibility index (Phi) is 5.36. The molecule has 27 heavy (non-hydrogen) atoms. The Labute approximate surface area is 165 Å². The summed E-state index contributed by atoms with van der Waals surface area (Å²) in [5.74, 6) is 0.0101. The summed E-state index contributed by atoms with van der Waals surface area (Å²) in [6, 6.07) is 10.8. The number of thiophene rings is 1. The number of ether oxygens (including phenoxy) is 1. The number of fused-ring (bicyclic) bond motifs is 1. The molecule has 2 aliphatic heterocycles. The van der Waals surface area contributed by atoms with E-state index in [1.165, 1.54) is 16.9 Å². The van der Waals surface area contributed by atoms with Gasteiger partial charge in [-0.1, -0.05) is 12.1 Å². The van der Waals surface area contributed by atoms with Gasteiger partial charge >= 0.3 is 5.97 Å². The van der Waals surface area contributed by atoms with E-state index in [-0.39, 0.29) is 18.2 Å². The first-order chi connectivity index (χ1) is 13.2. The zero-order valence-electron chi connectivity index (χ0n) is 16.0. The van der Waals surface area contributed by atoms with Crippen LogP contribution in [0.5, 0.6) is 0 Å². The number of carbonyl (C=O) groups is 1. The molecule has 0 aliphatic carbocycles. The zero-order chi connectivity index (χ0) is 18.8. The fourth-order valence-electron chi connectivity index (χ4n) is 4.28. The summed E-state index contributed by atoms with van der Waals surface area (Å²) in [6.45, 7) is 5.06. The number of nitrogens with zero attached hydrogens (tertiary/aromatic N) is 3. The molecule has 4 rings (SSSR count). The summed E-state index contributed by atoms with van der Waals surface area (Å²) in [5.41, 5.74) is 3.89. The maximum Gasteiger partial charge on any atom is 0.309 e. The minimum Gasteiger partial charge on any atom is -0.466 e. The lowest BCUT2D eigenvalue weighted by atomic mass is 9.97. The smallest absolute Gasteiger partial charge is 0.309 e. The van der Waals surface area contributed by atoms with Crippen molar-refractivity contribution in [2.75, 3.05) is 36.5 Å². The molecule has 144 valence electrons. The second-order valence-electron chi connectivity index (χ2n) is 7.27. The molecule has 5 nitrogen and oxygen atoms in total. The van der Waals surface area contributed by atoms with Crippen LogP contribution in [0.1, 0.15) is 25.3 Å². The summed E-state index contributed by atoms with van der Waals surface area (Å²) in [6.07, 6.45) is 1.92. The molecule has 0 amide bonds. The molecule has 0 bridgehead atoms. The molecular weight excluding hydrogens is 358 g/mol. The van der Waals surface area contributed by atoms with Crippen molar-refractivity contribution in [3.8, 4) is 0 Å². The van der Waals surface area contributed by atoms with Crippen molar-refractivity contribution < 1.29 is 9.53 Å². The highest BCUT2D eigenvalue weighted by atomic mass is 32.1. The molecule has 1 fully saturated rings. The molecule has 1 saturated heterocycles. The summed E-state index contributed by atoms with van der Waals surface area (Å²) >= 11 is 1.74. The van der Waals surface area contributed by atoms with E-state index in [2.05, 4.69) is 62.8 Å². The highest BCUT2D eigenvalue weighted by molar-refractivity contribution is 7.07. The minimum atomic E-state index is -0.0321. The molecule has 1 aromatic heterocycles. The van der Waals surface area contributed by atoms with Crippen molar-refractivity contribution in [1.29, 1.82) is 0 Å². The van der Waals surface area contributed by atoms with Crippen LogP contribution in [-0.2, 0) is 16.1 Å². The van der Waals surface area contributed by atoms with E-state index in [0.29, 0.717) is 6.61 Å². The molecule has 1 unspecified atom stereocenters. The van der Waals surface area contributed by atoms with Gasteiger partial charge in [-0.25, -0.2) is 0 Å². The Morgan fingerprint density at radius 1 is 1.19 bits per heavy atom. The van der Waals surface area contributed by atoms with Crippen LogP contribution >= 0.6 is 11.3 Å². The van der Waals surface area contributed by atoms with E-state index >= 15 is 0 Å². The van der Waals surface area contributed by atoms with E-state index in [9.17, 15) is 4.79 Å². The predicted molar refractivity (Wildman–Crippen MR) is 110 cm³/mol. The normalized spacial score (nSPS) is 20.7. The molecule has 0 saturated carbocycles. The zero-order valence-corrected chi connectivity index (χ0v) is 16.8. The predicted octanol–water partition coefficient (Wildman–Crippen LogP) is 3.76. The molecule has 0 radical (unpaired) electrons. The number of benzene rings is 1. The van der Waals surface area contributed by atoms with E-state index in [0.717, 1.165) is 32.5 Å². The minimum absolute atomic E-state index is 0.0321. The Morgan fingerprint density at radius 3 is 2.59 bits per heavy atom. The van der Waals surface area contributed by atoms with Gasteiger partial charge in [0.25, 0.3) is 0 Å². The number of hydrogen-bond donors (Lipinski definition) is 0. The number of hydrogen-bond acceptors (Lipinski definition) is 6. The molecule has 6 heteroatoms. The van der Waals surface area contributed by atoms with Crippen LogP contribution in [0, 0.1) is 5.92 Å². The lowest BCUT2D eigenvalue weighted by molar-refractivity contribution is -0.149. The molecule has 1 atom stereocenters. The molecule has 0 spiro atoms. The second-order valence-corrected chi connectivity index (χ2v) is 8.05. The SMILES string of the molecule is CCOC(=O)C1CCN(C2N(C)c3ccccc3N2Cc2ccsc2)CC1. The van der Waals surface area contributed by atoms with Crippen molar-refractivity contribution in [2.45, 2.75) is 32.6 Å². The van der Waals surface area contributed by atoms with Gasteiger partial charge in [-0.15, -0.1) is 0 Å². The summed E-state index contributed by atoms with van der Waals surface area (Å²) < 4.78 is 5.23. The van der Waals surface area contributed by atoms with Crippen LogP contribution in [0.25, 0.3) is 0 Å². The van der Waals surface area contributed by atoms with Crippen molar-refractivity contribution in [3.63, 3.8) is 0 Å². The number of para-hydroxylation sites is 2. The topological polar surface area (TPSA) is 36.0 Å². The molecular formula is C21H27N3O2S. The lowest BCUT2D eigenvalue weighted by Crippen LogP contribution is -2.56. The quantitative estimate of drug-likeness (QED) is 0.733. The highest BCUT2D eigenvalue weighted by Crippen LogP contribution is 2.41. The van der Waals surface area contributed by atoms with E-state index in [4.69, 9.17) is 4.74 Å². The fourth-order valence-corrected chi connectivity index (χ4v) is 4.94. The van der Waals surface area contributed by atoms with Crippen LogP contribution in [-0.4, -0.2) is 43.9 Å². The van der Waals surface area contributed by atoms with Gasteiger partial charge in [0.2, 0.25) is 0 Å². The van der Waals surface area contributed by atoms with Crippen LogP contribution in [0.3, 0.4) is 0 Å². The average Bonchev–Trinajstić information content (AvgIpc) is 3.30. The van der Waals surface area contributed by atoms with E-state index in [1.54, 1.807) is 11.3 Å². The van der Waals surface area contributed by atoms with Gasteiger partial charge in [-0.2, -0.15) is 11.3 Å². The third-order valence-electron chi connectivity index (χ3n) is 5.61. The number of anilines is 2. The van der Waals surface area contributed by atoms with Crippen LogP contribution in [0.2, 0.25) is 0 Å². The van der Waals surface area contributed by atoms with Crippen LogP contribution < -0.4 is 9.80 Å².